The minimum atomic E-state index is -0.356. The lowest BCUT2D eigenvalue weighted by atomic mass is 10.1. The maximum absolute atomic E-state index is 12.5. The number of allylic oxidation sites excluding steroid dienone is 1. The van der Waals surface area contributed by atoms with E-state index in [0.29, 0.717) is 22.2 Å². The summed E-state index contributed by atoms with van der Waals surface area (Å²) in [6.07, 6.45) is 1.85. The molecule has 0 fully saturated rings. The molecule has 32 heavy (non-hydrogen) atoms. The van der Waals surface area contributed by atoms with Crippen molar-refractivity contribution in [3.05, 3.63) is 82.0 Å². The van der Waals surface area contributed by atoms with E-state index in [9.17, 15) is 10.1 Å². The number of benzene rings is 2. The molecule has 0 spiro atoms. The van der Waals surface area contributed by atoms with Crippen LogP contribution in [-0.2, 0) is 4.74 Å². The summed E-state index contributed by atoms with van der Waals surface area (Å²) in [5.41, 5.74) is 5.84. The normalized spacial score (nSPS) is 11.5. The summed E-state index contributed by atoms with van der Waals surface area (Å²) in [5.74, 6) is -0.356. The van der Waals surface area contributed by atoms with Gasteiger partial charge in [-0.3, -0.25) is 0 Å². The number of carbonyl (C=O) groups excluding carboxylic acids is 1. The van der Waals surface area contributed by atoms with Gasteiger partial charge in [0.05, 0.1) is 33.8 Å². The summed E-state index contributed by atoms with van der Waals surface area (Å²) in [6, 6.07) is 19.4. The van der Waals surface area contributed by atoms with Crippen LogP contribution in [0, 0.1) is 25.2 Å². The molecule has 0 atom stereocenters. The molecule has 0 bridgehead atoms. The third-order valence-electron chi connectivity index (χ3n) is 5.08. The van der Waals surface area contributed by atoms with Crippen LogP contribution in [0.5, 0.6) is 0 Å². The molecule has 2 heterocycles. The number of rotatable bonds is 6. The van der Waals surface area contributed by atoms with Gasteiger partial charge in [-0.1, -0.05) is 24.3 Å². The molecular weight excluding hydrogens is 420 g/mol. The molecule has 6 nitrogen and oxygen atoms in total. The standard InChI is InChI=1S/C25H22N4O2S/c1-4-31-24(30)20-9-5-8-12-23(20)29-16(2)13-18(17(29)3)14-19(15-26)32-25-27-21-10-6-7-11-22(21)28-25/h5-14H,4H2,1-3H3,(H,27,28)/b19-14+. The van der Waals surface area contributed by atoms with Crippen molar-refractivity contribution in [3.8, 4) is 11.8 Å². The highest BCUT2D eigenvalue weighted by Gasteiger charge is 2.18. The first-order valence-corrected chi connectivity index (χ1v) is 11.0. The smallest absolute Gasteiger partial charge is 0.340 e. The van der Waals surface area contributed by atoms with Gasteiger partial charge in [0.2, 0.25) is 0 Å². The van der Waals surface area contributed by atoms with Crippen LogP contribution in [0.4, 0.5) is 0 Å². The Balaban J connectivity index is 1.70. The molecule has 0 aliphatic rings. The number of H-pyrrole nitrogens is 1. The van der Waals surface area contributed by atoms with E-state index in [1.807, 2.05) is 73.0 Å². The van der Waals surface area contributed by atoms with E-state index in [4.69, 9.17) is 4.74 Å². The predicted octanol–water partition coefficient (Wildman–Crippen LogP) is 5.80. The summed E-state index contributed by atoms with van der Waals surface area (Å²) >= 11 is 1.29. The first-order chi connectivity index (χ1) is 15.5. The van der Waals surface area contributed by atoms with Gasteiger partial charge in [0.1, 0.15) is 6.07 Å². The van der Waals surface area contributed by atoms with Crippen LogP contribution < -0.4 is 0 Å². The number of imidazole rings is 1. The Morgan fingerprint density at radius 3 is 2.72 bits per heavy atom. The van der Waals surface area contributed by atoms with E-state index in [-0.39, 0.29) is 5.97 Å². The van der Waals surface area contributed by atoms with Crippen LogP contribution >= 0.6 is 11.8 Å². The average Bonchev–Trinajstić information content (AvgIpc) is 3.32. The highest BCUT2D eigenvalue weighted by atomic mass is 32.2. The van der Waals surface area contributed by atoms with Gasteiger partial charge in [-0.15, -0.1) is 0 Å². The van der Waals surface area contributed by atoms with Crippen molar-refractivity contribution in [1.29, 1.82) is 5.26 Å². The Morgan fingerprint density at radius 2 is 1.97 bits per heavy atom. The maximum atomic E-state index is 12.5. The molecule has 0 saturated carbocycles. The molecule has 2 aromatic heterocycles. The van der Waals surface area contributed by atoms with Gasteiger partial charge >= 0.3 is 5.97 Å². The number of aryl methyl sites for hydroxylation is 1. The molecule has 0 amide bonds. The average molecular weight is 443 g/mol. The maximum Gasteiger partial charge on any atom is 0.340 e. The number of thioether (sulfide) groups is 1. The quantitative estimate of drug-likeness (QED) is 0.232. The van der Waals surface area contributed by atoms with E-state index in [1.165, 1.54) is 11.8 Å². The first kappa shape index (κ1) is 21.5. The van der Waals surface area contributed by atoms with Gasteiger partial charge in [0.25, 0.3) is 0 Å². The Hall–Kier alpha value is -3.76. The molecule has 2 aromatic carbocycles. The first-order valence-electron chi connectivity index (χ1n) is 10.2. The monoisotopic (exact) mass is 442 g/mol. The number of nitrogens with one attached hydrogen (secondary N) is 1. The molecule has 0 aliphatic carbocycles. The number of ether oxygens (including phenoxy) is 1. The van der Waals surface area contributed by atoms with Crippen molar-refractivity contribution in [2.24, 2.45) is 0 Å². The van der Waals surface area contributed by atoms with Gasteiger partial charge in [0, 0.05) is 11.4 Å². The third-order valence-corrected chi connectivity index (χ3v) is 5.90. The van der Waals surface area contributed by atoms with Crippen molar-refractivity contribution < 1.29 is 9.53 Å². The number of hydrogen-bond donors (Lipinski definition) is 1. The van der Waals surface area contributed by atoms with Gasteiger partial charge < -0.3 is 14.3 Å². The minimum Gasteiger partial charge on any atom is -0.462 e. The molecular formula is C25H22N4O2S. The zero-order chi connectivity index (χ0) is 22.7. The summed E-state index contributed by atoms with van der Waals surface area (Å²) in [4.78, 5) is 20.8. The summed E-state index contributed by atoms with van der Waals surface area (Å²) in [6.45, 7) is 6.06. The van der Waals surface area contributed by atoms with Crippen LogP contribution in [0.15, 0.2) is 64.7 Å². The molecule has 160 valence electrons. The van der Waals surface area contributed by atoms with E-state index >= 15 is 0 Å². The number of aromatic amines is 1. The Bertz CT molecular complexity index is 1340. The highest BCUT2D eigenvalue weighted by molar-refractivity contribution is 8.03. The minimum absolute atomic E-state index is 0.315. The lowest BCUT2D eigenvalue weighted by Crippen LogP contribution is -2.11. The number of esters is 1. The summed E-state index contributed by atoms with van der Waals surface area (Å²) < 4.78 is 7.24. The number of aromatic nitrogens is 3. The second kappa shape index (κ2) is 9.16. The number of fused-ring (bicyclic) bond motifs is 1. The van der Waals surface area contributed by atoms with Crippen LogP contribution in [0.1, 0.15) is 34.2 Å². The lowest BCUT2D eigenvalue weighted by Gasteiger charge is -2.14. The molecule has 1 N–H and O–H groups in total. The Labute approximate surface area is 190 Å². The summed E-state index contributed by atoms with van der Waals surface area (Å²) in [7, 11) is 0. The Kier molecular flexibility index (Phi) is 6.15. The van der Waals surface area contributed by atoms with Crippen LogP contribution in [0.25, 0.3) is 22.8 Å². The van der Waals surface area contributed by atoms with E-state index in [0.717, 1.165) is 33.7 Å². The molecule has 0 aliphatic heterocycles. The van der Waals surface area contributed by atoms with E-state index in [1.54, 1.807) is 13.0 Å². The number of carbonyl (C=O) groups is 1. The second-order valence-electron chi connectivity index (χ2n) is 7.18. The number of para-hydroxylation sites is 3. The predicted molar refractivity (Wildman–Crippen MR) is 127 cm³/mol. The van der Waals surface area contributed by atoms with E-state index in [2.05, 4.69) is 16.0 Å². The van der Waals surface area contributed by atoms with E-state index < -0.39 is 0 Å². The third kappa shape index (κ3) is 4.18. The summed E-state index contributed by atoms with van der Waals surface area (Å²) in [5, 5.41) is 10.4. The van der Waals surface area contributed by atoms with Gasteiger partial charge in [0.15, 0.2) is 5.16 Å². The zero-order valence-corrected chi connectivity index (χ0v) is 18.9. The van der Waals surface area contributed by atoms with Crippen molar-refractivity contribution in [3.63, 3.8) is 0 Å². The molecule has 0 saturated heterocycles. The van der Waals surface area contributed by atoms with Crippen LogP contribution in [0.2, 0.25) is 0 Å². The largest absolute Gasteiger partial charge is 0.462 e. The topological polar surface area (TPSA) is 83.7 Å². The fourth-order valence-electron chi connectivity index (χ4n) is 3.66. The molecule has 7 heteroatoms. The molecule has 0 radical (unpaired) electrons. The SMILES string of the molecule is CCOC(=O)c1ccccc1-n1c(C)cc(/C=C(\C#N)Sc2nc3ccccc3[nH]2)c1C. The molecule has 4 aromatic rings. The highest BCUT2D eigenvalue weighted by Crippen LogP contribution is 2.30. The lowest BCUT2D eigenvalue weighted by molar-refractivity contribution is 0.0526. The Morgan fingerprint density at radius 1 is 1.22 bits per heavy atom. The number of hydrogen-bond acceptors (Lipinski definition) is 5. The fraction of sp³-hybridized carbons (Fsp3) is 0.160. The van der Waals surface area contributed by atoms with Crippen molar-refractivity contribution in [1.82, 2.24) is 14.5 Å². The van der Waals surface area contributed by atoms with Crippen molar-refractivity contribution in [2.45, 2.75) is 25.9 Å². The zero-order valence-electron chi connectivity index (χ0n) is 18.0. The van der Waals surface area contributed by atoms with Crippen LogP contribution in [-0.4, -0.2) is 27.1 Å². The van der Waals surface area contributed by atoms with Gasteiger partial charge in [-0.25, -0.2) is 9.78 Å². The van der Waals surface area contributed by atoms with Crippen LogP contribution in [0.3, 0.4) is 0 Å². The molecule has 0 unspecified atom stereocenters. The molecule has 4 rings (SSSR count). The second-order valence-corrected chi connectivity index (χ2v) is 8.21. The number of nitriles is 1. The van der Waals surface area contributed by atoms with Gasteiger partial charge in [-0.05, 0) is 74.5 Å². The van der Waals surface area contributed by atoms with Crippen molar-refractivity contribution in [2.75, 3.05) is 6.61 Å². The number of nitrogens with zero attached hydrogens (tertiary/aromatic N) is 3. The van der Waals surface area contributed by atoms with Crippen molar-refractivity contribution >= 4 is 34.8 Å². The fourth-order valence-corrected chi connectivity index (χ4v) is 4.41. The van der Waals surface area contributed by atoms with Gasteiger partial charge in [-0.2, -0.15) is 5.26 Å².